The molecule has 2 N–H and O–H groups in total. The van der Waals surface area contributed by atoms with Crippen molar-refractivity contribution >= 4 is 12.3 Å². The Bertz CT molecular complexity index is 367. The van der Waals surface area contributed by atoms with E-state index in [-0.39, 0.29) is 12.5 Å². The summed E-state index contributed by atoms with van der Waals surface area (Å²) in [6.45, 7) is 1.49. The zero-order valence-electron chi connectivity index (χ0n) is 11.4. The lowest BCUT2D eigenvalue weighted by Crippen LogP contribution is -2.34. The predicted octanol–water partition coefficient (Wildman–Crippen LogP) is -0.506. The molecule has 0 aliphatic rings. The molecular weight excluding hydrogens is 248 g/mol. The second-order valence-corrected chi connectivity index (χ2v) is 3.67. The first-order chi connectivity index (χ1) is 9.12. The van der Waals surface area contributed by atoms with Gasteiger partial charge in [-0.25, -0.2) is 0 Å². The van der Waals surface area contributed by atoms with Gasteiger partial charge in [-0.05, 0) is 6.92 Å². The molecule has 0 fully saturated rings. The summed E-state index contributed by atoms with van der Waals surface area (Å²) in [5.74, 6) is 5.24. The van der Waals surface area contributed by atoms with Gasteiger partial charge in [0.15, 0.2) is 0 Å². The van der Waals surface area contributed by atoms with Gasteiger partial charge in [-0.3, -0.25) is 9.59 Å². The van der Waals surface area contributed by atoms with Crippen LogP contribution >= 0.6 is 0 Å². The number of rotatable bonds is 8. The summed E-state index contributed by atoms with van der Waals surface area (Å²) in [4.78, 5) is 23.4. The van der Waals surface area contributed by atoms with Gasteiger partial charge in [0, 0.05) is 32.9 Å². The second kappa shape index (κ2) is 10.1. The largest absolute Gasteiger partial charge is 0.394 e. The van der Waals surface area contributed by atoms with Gasteiger partial charge in [-0.15, -0.1) is 5.92 Å². The summed E-state index contributed by atoms with van der Waals surface area (Å²) in [7, 11) is 2.97. The fraction of sp³-hybridized carbons (Fsp3) is 0.538. The first kappa shape index (κ1) is 17.2. The first-order valence-electron chi connectivity index (χ1n) is 5.81. The molecule has 0 spiro atoms. The van der Waals surface area contributed by atoms with E-state index in [4.69, 9.17) is 9.84 Å². The molecule has 106 valence electrons. The van der Waals surface area contributed by atoms with Crippen LogP contribution in [-0.2, 0) is 14.3 Å². The Morgan fingerprint density at radius 3 is 2.68 bits per heavy atom. The van der Waals surface area contributed by atoms with Crippen LogP contribution in [-0.4, -0.2) is 55.2 Å². The van der Waals surface area contributed by atoms with Crippen molar-refractivity contribution in [3.05, 3.63) is 12.3 Å². The number of aliphatic hydroxyl groups is 1. The zero-order chi connectivity index (χ0) is 14.7. The maximum atomic E-state index is 11.1. The van der Waals surface area contributed by atoms with Gasteiger partial charge in [-0.2, -0.15) is 0 Å². The van der Waals surface area contributed by atoms with E-state index in [0.717, 1.165) is 0 Å². The van der Waals surface area contributed by atoms with E-state index in [9.17, 15) is 9.59 Å². The molecule has 0 aromatic carbocycles. The van der Waals surface area contributed by atoms with E-state index in [1.807, 2.05) is 0 Å². The number of likely N-dealkylation sites (N-methyl/N-ethyl adjacent to an activating group) is 1. The van der Waals surface area contributed by atoms with Gasteiger partial charge in [0.2, 0.25) is 12.3 Å². The van der Waals surface area contributed by atoms with Crippen molar-refractivity contribution in [2.75, 3.05) is 20.8 Å². The van der Waals surface area contributed by atoms with Gasteiger partial charge >= 0.3 is 0 Å². The number of carbonyl (C=O) groups is 2. The van der Waals surface area contributed by atoms with E-state index in [0.29, 0.717) is 12.8 Å². The molecule has 19 heavy (non-hydrogen) atoms. The van der Waals surface area contributed by atoms with Crippen LogP contribution in [0.5, 0.6) is 0 Å². The van der Waals surface area contributed by atoms with Gasteiger partial charge in [0.1, 0.15) is 0 Å². The third-order valence-corrected chi connectivity index (χ3v) is 2.46. The quantitative estimate of drug-likeness (QED) is 0.353. The van der Waals surface area contributed by atoms with Crippen molar-refractivity contribution in [1.29, 1.82) is 0 Å². The van der Waals surface area contributed by atoms with Crippen molar-refractivity contribution in [1.82, 2.24) is 10.2 Å². The van der Waals surface area contributed by atoms with Crippen LogP contribution in [0.2, 0.25) is 0 Å². The third kappa shape index (κ3) is 6.60. The maximum Gasteiger partial charge on any atom is 0.245 e. The molecular formula is C13H20N2O4. The zero-order valence-corrected chi connectivity index (χ0v) is 11.4. The van der Waals surface area contributed by atoms with Crippen molar-refractivity contribution in [2.45, 2.75) is 25.5 Å². The van der Waals surface area contributed by atoms with Crippen LogP contribution in [0.3, 0.4) is 0 Å². The number of ether oxygens (including phenoxy) is 1. The minimum Gasteiger partial charge on any atom is -0.394 e. The summed E-state index contributed by atoms with van der Waals surface area (Å²) >= 11 is 0. The molecule has 2 atom stereocenters. The molecule has 0 saturated heterocycles. The lowest BCUT2D eigenvalue weighted by molar-refractivity contribution is -0.117. The molecule has 0 aliphatic carbocycles. The Morgan fingerprint density at radius 1 is 1.58 bits per heavy atom. The minimum absolute atomic E-state index is 0.162. The van der Waals surface area contributed by atoms with Gasteiger partial charge < -0.3 is 20.1 Å². The number of amides is 2. The van der Waals surface area contributed by atoms with Gasteiger partial charge in [0.25, 0.3) is 0 Å². The van der Waals surface area contributed by atoms with Crippen LogP contribution in [0.4, 0.5) is 0 Å². The minimum atomic E-state index is -0.458. The molecule has 0 aromatic rings. The Hall–Kier alpha value is -1.84. The van der Waals surface area contributed by atoms with Crippen molar-refractivity contribution in [2.24, 2.45) is 0 Å². The van der Waals surface area contributed by atoms with Crippen LogP contribution < -0.4 is 5.32 Å². The predicted molar refractivity (Wildman–Crippen MR) is 70.8 cm³/mol. The number of hydrogen-bond acceptors (Lipinski definition) is 4. The Labute approximate surface area is 113 Å². The van der Waals surface area contributed by atoms with Crippen LogP contribution in [0, 0.1) is 11.8 Å². The highest BCUT2D eigenvalue weighted by Crippen LogP contribution is 2.08. The number of nitrogens with one attached hydrogen (secondary N) is 1. The highest BCUT2D eigenvalue weighted by Gasteiger charge is 2.18. The van der Waals surface area contributed by atoms with E-state index in [1.54, 1.807) is 6.92 Å². The Balaban J connectivity index is 4.88. The Morgan fingerprint density at radius 2 is 2.26 bits per heavy atom. The van der Waals surface area contributed by atoms with E-state index < -0.39 is 12.1 Å². The SMILES string of the molecule is CC#CC(CC(CO)OC)N(C=O)/C=C\C(=O)NC. The summed E-state index contributed by atoms with van der Waals surface area (Å²) in [5.41, 5.74) is 0. The third-order valence-electron chi connectivity index (χ3n) is 2.46. The highest BCUT2D eigenvalue weighted by molar-refractivity contribution is 5.87. The van der Waals surface area contributed by atoms with Crippen molar-refractivity contribution < 1.29 is 19.4 Å². The second-order valence-electron chi connectivity index (χ2n) is 3.67. The summed E-state index contributed by atoms with van der Waals surface area (Å²) < 4.78 is 5.05. The van der Waals surface area contributed by atoms with Crippen LogP contribution in [0.25, 0.3) is 0 Å². The standard InChI is InChI=1S/C13H20N2O4/c1-4-5-11(8-12(9-16)19-3)15(10-17)7-6-13(18)14-2/h6-7,10-12,16H,8-9H2,1-3H3,(H,14,18)/b7-6-. The number of methoxy groups -OCH3 is 1. The van der Waals surface area contributed by atoms with Gasteiger partial charge in [0.05, 0.1) is 18.8 Å². The fourth-order valence-electron chi connectivity index (χ4n) is 1.37. The fourth-order valence-corrected chi connectivity index (χ4v) is 1.37. The first-order valence-corrected chi connectivity index (χ1v) is 5.81. The van der Waals surface area contributed by atoms with E-state index in [2.05, 4.69) is 17.2 Å². The molecule has 0 aliphatic heterocycles. The number of aliphatic hydroxyl groups excluding tert-OH is 1. The van der Waals surface area contributed by atoms with Gasteiger partial charge in [-0.1, -0.05) is 5.92 Å². The smallest absolute Gasteiger partial charge is 0.245 e. The average molecular weight is 268 g/mol. The molecule has 6 heteroatoms. The molecule has 0 saturated carbocycles. The molecule has 0 radical (unpaired) electrons. The van der Waals surface area contributed by atoms with Crippen molar-refractivity contribution in [3.8, 4) is 11.8 Å². The summed E-state index contributed by atoms with van der Waals surface area (Å²) in [6, 6.07) is -0.458. The molecule has 6 nitrogen and oxygen atoms in total. The molecule has 0 aromatic heterocycles. The van der Waals surface area contributed by atoms with E-state index >= 15 is 0 Å². The highest BCUT2D eigenvalue weighted by atomic mass is 16.5. The van der Waals surface area contributed by atoms with Crippen LogP contribution in [0.15, 0.2) is 12.3 Å². The van der Waals surface area contributed by atoms with E-state index in [1.165, 1.54) is 31.3 Å². The number of nitrogens with zero attached hydrogens (tertiary/aromatic N) is 1. The number of hydrogen-bond donors (Lipinski definition) is 2. The van der Waals surface area contributed by atoms with Crippen molar-refractivity contribution in [3.63, 3.8) is 0 Å². The Kier molecular flexibility index (Phi) is 9.14. The lowest BCUT2D eigenvalue weighted by Gasteiger charge is -2.23. The molecule has 2 unspecified atom stereocenters. The normalized spacial score (nSPS) is 13.3. The topological polar surface area (TPSA) is 78.9 Å². The summed E-state index contributed by atoms with van der Waals surface area (Å²) in [5, 5.41) is 11.5. The number of carbonyl (C=O) groups excluding carboxylic acids is 2. The maximum absolute atomic E-state index is 11.1. The molecule has 0 bridgehead atoms. The lowest BCUT2D eigenvalue weighted by atomic mass is 10.1. The summed E-state index contributed by atoms with van der Waals surface area (Å²) in [6.07, 6.45) is 3.11. The van der Waals surface area contributed by atoms with Crippen LogP contribution in [0.1, 0.15) is 13.3 Å². The monoisotopic (exact) mass is 268 g/mol. The molecule has 2 amide bonds. The molecule has 0 heterocycles. The molecule has 0 rings (SSSR count). The average Bonchev–Trinajstić information content (AvgIpc) is 2.44.